The van der Waals surface area contributed by atoms with Crippen LogP contribution in [0.15, 0.2) is 0 Å². The van der Waals surface area contributed by atoms with Crippen LogP contribution in [0.4, 0.5) is 0 Å². The number of rotatable bonds is 3. The van der Waals surface area contributed by atoms with Crippen molar-refractivity contribution in [3.8, 4) is 0 Å². The Labute approximate surface area is 128 Å². The molecular formula is C13H27Cl2N3O. The quantitative estimate of drug-likeness (QED) is 0.829. The van der Waals surface area contributed by atoms with E-state index < -0.39 is 0 Å². The van der Waals surface area contributed by atoms with Crippen LogP contribution >= 0.6 is 24.8 Å². The third kappa shape index (κ3) is 5.86. The Kier molecular flexibility index (Phi) is 9.79. The van der Waals surface area contributed by atoms with Crippen LogP contribution in [0.3, 0.4) is 0 Å². The van der Waals surface area contributed by atoms with Crippen molar-refractivity contribution in [2.24, 2.45) is 5.92 Å². The third-order valence-electron chi connectivity index (χ3n) is 4.01. The lowest BCUT2D eigenvalue weighted by atomic mass is 9.96. The van der Waals surface area contributed by atoms with Crippen LogP contribution in [0.1, 0.15) is 32.6 Å². The SMILES string of the molecule is CCN1CCCC(NC(=O)C2CCNCC2)C1.Cl.Cl. The summed E-state index contributed by atoms with van der Waals surface area (Å²) in [6.07, 6.45) is 4.35. The molecule has 2 aliphatic heterocycles. The normalized spacial score (nSPS) is 25.0. The topological polar surface area (TPSA) is 44.4 Å². The van der Waals surface area contributed by atoms with Gasteiger partial charge in [0.25, 0.3) is 0 Å². The van der Waals surface area contributed by atoms with Gasteiger partial charge in [0.1, 0.15) is 0 Å². The standard InChI is InChI=1S/C13H25N3O.2ClH/c1-2-16-9-3-4-12(10-16)15-13(17)11-5-7-14-8-6-11;;/h11-12,14H,2-10H2,1H3,(H,15,17);2*1H. The van der Waals surface area contributed by atoms with Crippen molar-refractivity contribution in [3.63, 3.8) is 0 Å². The van der Waals surface area contributed by atoms with Gasteiger partial charge in [-0.1, -0.05) is 6.92 Å². The lowest BCUT2D eigenvalue weighted by Gasteiger charge is -2.33. The Hall–Kier alpha value is -0.0300. The smallest absolute Gasteiger partial charge is 0.223 e. The number of nitrogens with zero attached hydrogens (tertiary/aromatic N) is 1. The van der Waals surface area contributed by atoms with E-state index in [1.807, 2.05) is 0 Å². The van der Waals surface area contributed by atoms with E-state index >= 15 is 0 Å². The number of halogens is 2. The molecule has 0 aromatic carbocycles. The second-order valence-electron chi connectivity index (χ2n) is 5.27. The number of hydrogen-bond donors (Lipinski definition) is 2. The highest BCUT2D eigenvalue weighted by Gasteiger charge is 2.25. The highest BCUT2D eigenvalue weighted by atomic mass is 35.5. The molecule has 2 heterocycles. The predicted octanol–water partition coefficient (Wildman–Crippen LogP) is 1.43. The van der Waals surface area contributed by atoms with E-state index in [9.17, 15) is 4.79 Å². The first-order valence-electron chi connectivity index (χ1n) is 7.03. The lowest BCUT2D eigenvalue weighted by molar-refractivity contribution is -0.126. The maximum Gasteiger partial charge on any atom is 0.223 e. The molecule has 0 aromatic rings. The van der Waals surface area contributed by atoms with Gasteiger partial charge in [-0.25, -0.2) is 0 Å². The fraction of sp³-hybridized carbons (Fsp3) is 0.923. The first-order valence-corrected chi connectivity index (χ1v) is 7.03. The second kappa shape index (κ2) is 9.81. The van der Waals surface area contributed by atoms with Gasteiger partial charge in [0.15, 0.2) is 0 Å². The molecule has 0 aromatic heterocycles. The number of likely N-dealkylation sites (tertiary alicyclic amines) is 1. The van der Waals surface area contributed by atoms with Crippen molar-refractivity contribution in [3.05, 3.63) is 0 Å². The van der Waals surface area contributed by atoms with E-state index in [4.69, 9.17) is 0 Å². The molecule has 114 valence electrons. The highest BCUT2D eigenvalue weighted by Crippen LogP contribution is 2.14. The minimum atomic E-state index is 0. The Morgan fingerprint density at radius 3 is 2.58 bits per heavy atom. The largest absolute Gasteiger partial charge is 0.352 e. The third-order valence-corrected chi connectivity index (χ3v) is 4.01. The van der Waals surface area contributed by atoms with Crippen LogP contribution < -0.4 is 10.6 Å². The minimum Gasteiger partial charge on any atom is -0.352 e. The minimum absolute atomic E-state index is 0. The van der Waals surface area contributed by atoms with Crippen molar-refractivity contribution in [1.82, 2.24) is 15.5 Å². The van der Waals surface area contributed by atoms with Gasteiger partial charge < -0.3 is 15.5 Å². The number of nitrogens with one attached hydrogen (secondary N) is 2. The summed E-state index contributed by atoms with van der Waals surface area (Å²) in [4.78, 5) is 14.5. The van der Waals surface area contributed by atoms with Gasteiger partial charge in [0.05, 0.1) is 0 Å². The first-order chi connectivity index (χ1) is 8.29. The van der Waals surface area contributed by atoms with Crippen LogP contribution in [0.25, 0.3) is 0 Å². The summed E-state index contributed by atoms with van der Waals surface area (Å²) in [5, 5.41) is 6.55. The molecule has 0 aliphatic carbocycles. The molecule has 0 bridgehead atoms. The number of piperidine rings is 2. The van der Waals surface area contributed by atoms with Crippen LogP contribution in [-0.4, -0.2) is 49.6 Å². The van der Waals surface area contributed by atoms with Crippen molar-refractivity contribution >= 4 is 30.7 Å². The van der Waals surface area contributed by atoms with Crippen molar-refractivity contribution in [2.45, 2.75) is 38.6 Å². The number of carbonyl (C=O) groups excluding carboxylic acids is 1. The lowest BCUT2D eigenvalue weighted by Crippen LogP contribution is -2.50. The summed E-state index contributed by atoms with van der Waals surface area (Å²) in [7, 11) is 0. The highest BCUT2D eigenvalue weighted by molar-refractivity contribution is 5.85. The Balaban J connectivity index is 0.00000162. The van der Waals surface area contributed by atoms with Gasteiger partial charge in [0, 0.05) is 18.5 Å². The van der Waals surface area contributed by atoms with Crippen molar-refractivity contribution in [2.75, 3.05) is 32.7 Å². The molecule has 1 amide bonds. The summed E-state index contributed by atoms with van der Waals surface area (Å²) in [5.41, 5.74) is 0. The molecule has 0 saturated carbocycles. The predicted molar refractivity (Wildman–Crippen MR) is 83.4 cm³/mol. The summed E-state index contributed by atoms with van der Waals surface area (Å²) < 4.78 is 0. The molecule has 1 unspecified atom stereocenters. The number of likely N-dealkylation sites (N-methyl/N-ethyl adjacent to an activating group) is 1. The molecule has 19 heavy (non-hydrogen) atoms. The second-order valence-corrected chi connectivity index (χ2v) is 5.27. The molecular weight excluding hydrogens is 285 g/mol. The van der Waals surface area contributed by atoms with Gasteiger partial charge in [0.2, 0.25) is 5.91 Å². The van der Waals surface area contributed by atoms with Gasteiger partial charge in [-0.2, -0.15) is 0 Å². The number of amides is 1. The average molecular weight is 312 g/mol. The summed E-state index contributed by atoms with van der Waals surface area (Å²) in [6, 6.07) is 0.381. The molecule has 2 aliphatic rings. The molecule has 2 fully saturated rings. The van der Waals surface area contributed by atoms with Gasteiger partial charge in [-0.15, -0.1) is 24.8 Å². The Morgan fingerprint density at radius 2 is 1.95 bits per heavy atom. The van der Waals surface area contributed by atoms with E-state index in [1.54, 1.807) is 0 Å². The van der Waals surface area contributed by atoms with Gasteiger partial charge in [-0.3, -0.25) is 4.79 Å². The molecule has 1 atom stereocenters. The maximum atomic E-state index is 12.1. The first kappa shape index (κ1) is 19.0. The molecule has 0 spiro atoms. The monoisotopic (exact) mass is 311 g/mol. The van der Waals surface area contributed by atoms with E-state index in [0.717, 1.165) is 45.4 Å². The maximum absolute atomic E-state index is 12.1. The van der Waals surface area contributed by atoms with Crippen LogP contribution in [0.5, 0.6) is 0 Å². The summed E-state index contributed by atoms with van der Waals surface area (Å²) >= 11 is 0. The molecule has 6 heteroatoms. The van der Waals surface area contributed by atoms with Gasteiger partial charge >= 0.3 is 0 Å². The van der Waals surface area contributed by atoms with Crippen LogP contribution in [-0.2, 0) is 4.79 Å². The zero-order chi connectivity index (χ0) is 12.1. The van der Waals surface area contributed by atoms with Crippen molar-refractivity contribution in [1.29, 1.82) is 0 Å². The summed E-state index contributed by atoms with van der Waals surface area (Å²) in [5.74, 6) is 0.530. The number of hydrogen-bond acceptors (Lipinski definition) is 3. The molecule has 2 N–H and O–H groups in total. The molecule has 0 radical (unpaired) electrons. The van der Waals surface area contributed by atoms with Crippen LogP contribution in [0.2, 0.25) is 0 Å². The average Bonchev–Trinajstić information content (AvgIpc) is 2.40. The zero-order valence-corrected chi connectivity index (χ0v) is 13.3. The Bertz CT molecular complexity index is 260. The fourth-order valence-electron chi connectivity index (χ4n) is 2.86. The molecule has 2 saturated heterocycles. The molecule has 4 nitrogen and oxygen atoms in total. The van der Waals surface area contributed by atoms with Crippen LogP contribution in [0, 0.1) is 5.92 Å². The molecule has 2 rings (SSSR count). The van der Waals surface area contributed by atoms with Gasteiger partial charge in [-0.05, 0) is 51.9 Å². The van der Waals surface area contributed by atoms with E-state index in [0.29, 0.717) is 6.04 Å². The fourth-order valence-corrected chi connectivity index (χ4v) is 2.86. The van der Waals surface area contributed by atoms with E-state index in [-0.39, 0.29) is 36.6 Å². The zero-order valence-electron chi connectivity index (χ0n) is 11.7. The van der Waals surface area contributed by atoms with Crippen molar-refractivity contribution < 1.29 is 4.79 Å². The Morgan fingerprint density at radius 1 is 1.26 bits per heavy atom. The summed E-state index contributed by atoms with van der Waals surface area (Å²) in [6.45, 7) is 7.49. The van der Waals surface area contributed by atoms with E-state index in [2.05, 4.69) is 22.5 Å². The number of carbonyl (C=O) groups is 1. The van der Waals surface area contributed by atoms with E-state index in [1.165, 1.54) is 13.0 Å².